The van der Waals surface area contributed by atoms with E-state index in [-0.39, 0.29) is 5.56 Å². The quantitative estimate of drug-likeness (QED) is 0.796. The monoisotopic (exact) mass is 280 g/mol. The van der Waals surface area contributed by atoms with Gasteiger partial charge in [0.05, 0.1) is 0 Å². The molecule has 0 bridgehead atoms. The van der Waals surface area contributed by atoms with Gasteiger partial charge in [-0.25, -0.2) is 14.3 Å². The van der Waals surface area contributed by atoms with E-state index in [0.29, 0.717) is 22.8 Å². The molecule has 0 saturated heterocycles. The summed E-state index contributed by atoms with van der Waals surface area (Å²) in [6.45, 7) is 0. The maximum Gasteiger partial charge on any atom is 0.341 e. The molecule has 1 saturated carbocycles. The van der Waals surface area contributed by atoms with Crippen LogP contribution in [0.2, 0.25) is 0 Å². The van der Waals surface area contributed by atoms with Crippen molar-refractivity contribution in [1.29, 1.82) is 0 Å². The number of fused-ring (bicyclic) bond motifs is 1. The van der Waals surface area contributed by atoms with E-state index in [1.165, 1.54) is 17.4 Å². The van der Waals surface area contributed by atoms with E-state index in [4.69, 9.17) is 0 Å². The van der Waals surface area contributed by atoms with Crippen molar-refractivity contribution in [3.05, 3.63) is 48.0 Å². The summed E-state index contributed by atoms with van der Waals surface area (Å²) in [5.74, 6) is -0.467. The number of nitrogens with zero attached hydrogens (tertiary/aromatic N) is 4. The van der Waals surface area contributed by atoms with E-state index in [9.17, 15) is 9.90 Å². The minimum atomic E-state index is -1.04. The number of hydrogen-bond acceptors (Lipinski definition) is 4. The molecule has 21 heavy (non-hydrogen) atoms. The Morgan fingerprint density at radius 1 is 1.29 bits per heavy atom. The van der Waals surface area contributed by atoms with Crippen molar-refractivity contribution < 1.29 is 9.90 Å². The van der Waals surface area contributed by atoms with E-state index < -0.39 is 5.97 Å². The Morgan fingerprint density at radius 2 is 2.14 bits per heavy atom. The fourth-order valence-electron chi connectivity index (χ4n) is 2.45. The molecule has 6 nitrogen and oxygen atoms in total. The molecule has 0 aliphatic heterocycles. The highest BCUT2D eigenvalue weighted by molar-refractivity contribution is 6.01. The van der Waals surface area contributed by atoms with Gasteiger partial charge in [0, 0.05) is 35.8 Å². The van der Waals surface area contributed by atoms with Crippen molar-refractivity contribution in [2.45, 2.75) is 18.8 Å². The summed E-state index contributed by atoms with van der Waals surface area (Å²) in [5.41, 5.74) is 2.61. The van der Waals surface area contributed by atoms with Crippen LogP contribution in [0.25, 0.3) is 16.9 Å². The molecule has 0 spiro atoms. The summed E-state index contributed by atoms with van der Waals surface area (Å²) in [4.78, 5) is 20.1. The van der Waals surface area contributed by atoms with Gasteiger partial charge in [0.1, 0.15) is 11.3 Å². The normalized spacial score (nSPS) is 14.5. The van der Waals surface area contributed by atoms with Gasteiger partial charge < -0.3 is 5.11 Å². The molecule has 104 valence electrons. The molecule has 0 radical (unpaired) electrons. The molecule has 1 N–H and O–H groups in total. The Bertz CT molecular complexity index is 835. The van der Waals surface area contributed by atoms with Crippen LogP contribution in [0.4, 0.5) is 0 Å². The number of carboxylic acid groups (broad SMARTS) is 1. The summed E-state index contributed by atoms with van der Waals surface area (Å²) in [5, 5.41) is 13.8. The topological polar surface area (TPSA) is 80.4 Å². The van der Waals surface area contributed by atoms with Crippen LogP contribution in [-0.2, 0) is 0 Å². The molecule has 0 amide bonds. The van der Waals surface area contributed by atoms with Gasteiger partial charge in [0.2, 0.25) is 0 Å². The number of rotatable bonds is 3. The van der Waals surface area contributed by atoms with E-state index in [0.717, 1.165) is 5.69 Å². The van der Waals surface area contributed by atoms with Crippen molar-refractivity contribution >= 4 is 11.6 Å². The molecule has 0 atom stereocenters. The highest BCUT2D eigenvalue weighted by atomic mass is 16.4. The van der Waals surface area contributed by atoms with Gasteiger partial charge in [0.25, 0.3) is 0 Å². The van der Waals surface area contributed by atoms with Crippen LogP contribution >= 0.6 is 0 Å². The number of carboxylic acids is 1. The first-order valence-electron chi connectivity index (χ1n) is 6.77. The lowest BCUT2D eigenvalue weighted by Gasteiger charge is -2.00. The van der Waals surface area contributed by atoms with Gasteiger partial charge in [0.15, 0.2) is 5.65 Å². The van der Waals surface area contributed by atoms with Gasteiger partial charge in [-0.3, -0.25) is 4.98 Å². The van der Waals surface area contributed by atoms with E-state index >= 15 is 0 Å². The standard InChI is InChI=1S/C15H12N4O2/c20-15(21)12-13(18-19-7-1-6-16-14(12)19)10-4-5-11(17-8-10)9-2-3-9/h1,4-9H,2-3H2,(H,20,21). The molecular weight excluding hydrogens is 268 g/mol. The summed E-state index contributed by atoms with van der Waals surface area (Å²) in [7, 11) is 0. The Morgan fingerprint density at radius 3 is 2.81 bits per heavy atom. The number of hydrogen-bond donors (Lipinski definition) is 1. The van der Waals surface area contributed by atoms with Gasteiger partial charge in [-0.2, -0.15) is 5.10 Å². The zero-order valence-electron chi connectivity index (χ0n) is 11.1. The molecule has 6 heteroatoms. The highest BCUT2D eigenvalue weighted by Crippen LogP contribution is 2.39. The maximum atomic E-state index is 11.5. The lowest BCUT2D eigenvalue weighted by atomic mass is 10.1. The van der Waals surface area contributed by atoms with Crippen molar-refractivity contribution in [3.63, 3.8) is 0 Å². The van der Waals surface area contributed by atoms with Crippen molar-refractivity contribution in [3.8, 4) is 11.3 Å². The Labute approximate surface area is 120 Å². The largest absolute Gasteiger partial charge is 0.477 e. The maximum absolute atomic E-state index is 11.5. The minimum Gasteiger partial charge on any atom is -0.477 e. The predicted octanol–water partition coefficient (Wildman–Crippen LogP) is 2.37. The molecule has 3 heterocycles. The number of pyridine rings is 1. The van der Waals surface area contributed by atoms with E-state index in [2.05, 4.69) is 15.1 Å². The summed E-state index contributed by atoms with van der Waals surface area (Å²) >= 11 is 0. The molecule has 1 aliphatic rings. The Hall–Kier alpha value is -2.76. The van der Waals surface area contributed by atoms with Crippen LogP contribution < -0.4 is 0 Å². The SMILES string of the molecule is O=C(O)c1c(-c2ccc(C3CC3)nc2)nn2cccnc12. The summed E-state index contributed by atoms with van der Waals surface area (Å²) in [6.07, 6.45) is 7.31. The third-order valence-electron chi connectivity index (χ3n) is 3.66. The van der Waals surface area contributed by atoms with Crippen molar-refractivity contribution in [1.82, 2.24) is 19.6 Å². The fourth-order valence-corrected chi connectivity index (χ4v) is 2.45. The average Bonchev–Trinajstić information content (AvgIpc) is 3.27. The summed E-state index contributed by atoms with van der Waals surface area (Å²) < 4.78 is 1.48. The smallest absolute Gasteiger partial charge is 0.341 e. The van der Waals surface area contributed by atoms with Crippen LogP contribution in [0.15, 0.2) is 36.8 Å². The van der Waals surface area contributed by atoms with Gasteiger partial charge in [-0.15, -0.1) is 0 Å². The molecule has 3 aromatic heterocycles. The number of carbonyl (C=O) groups is 1. The summed E-state index contributed by atoms with van der Waals surface area (Å²) in [6, 6.07) is 5.55. The van der Waals surface area contributed by atoms with Crippen LogP contribution in [-0.4, -0.2) is 30.7 Å². The first kappa shape index (κ1) is 12.0. The van der Waals surface area contributed by atoms with Gasteiger partial charge >= 0.3 is 5.97 Å². The van der Waals surface area contributed by atoms with Gasteiger partial charge in [-0.1, -0.05) is 0 Å². The predicted molar refractivity (Wildman–Crippen MR) is 75.2 cm³/mol. The molecule has 0 aromatic carbocycles. The molecule has 1 aliphatic carbocycles. The second-order valence-corrected chi connectivity index (χ2v) is 5.16. The first-order chi connectivity index (χ1) is 10.2. The zero-order valence-corrected chi connectivity index (χ0v) is 11.1. The number of aromatic carboxylic acids is 1. The van der Waals surface area contributed by atoms with Crippen LogP contribution in [0.3, 0.4) is 0 Å². The molecular formula is C15H12N4O2. The molecule has 0 unspecified atom stereocenters. The molecule has 4 rings (SSSR count). The van der Waals surface area contributed by atoms with Crippen LogP contribution in [0.5, 0.6) is 0 Å². The fraction of sp³-hybridized carbons (Fsp3) is 0.200. The van der Waals surface area contributed by atoms with Crippen molar-refractivity contribution in [2.24, 2.45) is 0 Å². The zero-order chi connectivity index (χ0) is 14.4. The third kappa shape index (κ3) is 1.96. The first-order valence-corrected chi connectivity index (χ1v) is 6.77. The number of aromatic nitrogens is 4. The highest BCUT2D eigenvalue weighted by Gasteiger charge is 2.26. The Kier molecular flexibility index (Phi) is 2.50. The molecule has 3 aromatic rings. The van der Waals surface area contributed by atoms with E-state index in [1.807, 2.05) is 12.1 Å². The van der Waals surface area contributed by atoms with Crippen LogP contribution in [0.1, 0.15) is 34.8 Å². The average molecular weight is 280 g/mol. The second kappa shape index (κ2) is 4.37. The minimum absolute atomic E-state index is 0.108. The van der Waals surface area contributed by atoms with Crippen molar-refractivity contribution in [2.75, 3.05) is 0 Å². The lowest BCUT2D eigenvalue weighted by molar-refractivity contribution is 0.0699. The van der Waals surface area contributed by atoms with E-state index in [1.54, 1.807) is 24.7 Å². The third-order valence-corrected chi connectivity index (χ3v) is 3.66. The lowest BCUT2D eigenvalue weighted by Crippen LogP contribution is -1.99. The Balaban J connectivity index is 1.88. The molecule has 1 fully saturated rings. The second-order valence-electron chi connectivity index (χ2n) is 5.16. The van der Waals surface area contributed by atoms with Crippen LogP contribution in [0, 0.1) is 0 Å². The van der Waals surface area contributed by atoms with Gasteiger partial charge in [-0.05, 0) is 31.0 Å².